The molecule has 0 saturated carbocycles. The lowest BCUT2D eigenvalue weighted by Gasteiger charge is -2.04. The molecule has 0 bridgehead atoms. The van der Waals surface area contributed by atoms with Gasteiger partial charge in [-0.1, -0.05) is 96.8 Å². The van der Waals surface area contributed by atoms with Gasteiger partial charge in [-0.25, -0.2) is 9.79 Å². The standard InChI is InChI=1S/C19H35NO2/c1-2-3-4-5-6-7-8-9-10-11-12-13-14-15-16-18-19(21)22-17-20-18/h17-18H,2-16H2,1H3. The minimum absolute atomic E-state index is 0.172. The zero-order chi connectivity index (χ0) is 15.9. The smallest absolute Gasteiger partial charge is 0.337 e. The molecule has 1 atom stereocenters. The van der Waals surface area contributed by atoms with E-state index in [-0.39, 0.29) is 12.0 Å². The van der Waals surface area contributed by atoms with Gasteiger partial charge in [-0.05, 0) is 6.42 Å². The van der Waals surface area contributed by atoms with Crippen molar-refractivity contribution in [2.24, 2.45) is 4.99 Å². The summed E-state index contributed by atoms with van der Waals surface area (Å²) in [5.41, 5.74) is 0. The van der Waals surface area contributed by atoms with Crippen LogP contribution < -0.4 is 0 Å². The van der Waals surface area contributed by atoms with Crippen molar-refractivity contribution in [3.05, 3.63) is 0 Å². The molecule has 0 amide bonds. The minimum Gasteiger partial charge on any atom is -0.413 e. The molecule has 0 saturated heterocycles. The molecule has 0 aromatic rings. The van der Waals surface area contributed by atoms with Crippen molar-refractivity contribution in [2.75, 3.05) is 0 Å². The van der Waals surface area contributed by atoms with E-state index in [0.717, 1.165) is 12.8 Å². The Kier molecular flexibility index (Phi) is 12.0. The number of aliphatic imine (C=N–C) groups is 1. The summed E-state index contributed by atoms with van der Waals surface area (Å²) in [4.78, 5) is 15.2. The number of hydrogen-bond acceptors (Lipinski definition) is 3. The number of carbonyl (C=O) groups is 1. The van der Waals surface area contributed by atoms with Crippen LogP contribution in [0.15, 0.2) is 4.99 Å². The number of ether oxygens (including phenoxy) is 1. The third kappa shape index (κ3) is 9.97. The fourth-order valence-electron chi connectivity index (χ4n) is 3.02. The lowest BCUT2D eigenvalue weighted by molar-refractivity contribution is -0.134. The van der Waals surface area contributed by atoms with Crippen molar-refractivity contribution in [3.63, 3.8) is 0 Å². The molecule has 1 unspecified atom stereocenters. The van der Waals surface area contributed by atoms with Crippen molar-refractivity contribution in [3.8, 4) is 0 Å². The lowest BCUT2D eigenvalue weighted by atomic mass is 10.0. The summed E-state index contributed by atoms with van der Waals surface area (Å²) in [6.07, 6.45) is 21.2. The molecule has 128 valence electrons. The first-order chi connectivity index (χ1) is 10.8. The van der Waals surface area contributed by atoms with E-state index in [1.165, 1.54) is 89.9 Å². The van der Waals surface area contributed by atoms with Crippen LogP contribution in [0.3, 0.4) is 0 Å². The number of esters is 1. The molecule has 3 nitrogen and oxygen atoms in total. The highest BCUT2D eigenvalue weighted by molar-refractivity contribution is 5.87. The van der Waals surface area contributed by atoms with Crippen LogP contribution in [0, 0.1) is 0 Å². The highest BCUT2D eigenvalue weighted by Crippen LogP contribution is 2.15. The van der Waals surface area contributed by atoms with Gasteiger partial charge in [0.15, 0.2) is 12.4 Å². The van der Waals surface area contributed by atoms with Crippen LogP contribution in [-0.4, -0.2) is 18.4 Å². The maximum absolute atomic E-state index is 11.2. The zero-order valence-corrected chi connectivity index (χ0v) is 14.5. The summed E-state index contributed by atoms with van der Waals surface area (Å²) in [5.74, 6) is -0.172. The Labute approximate surface area is 136 Å². The van der Waals surface area contributed by atoms with Crippen LogP contribution in [0.4, 0.5) is 0 Å². The molecule has 1 aliphatic heterocycles. The maximum Gasteiger partial charge on any atom is 0.337 e. The lowest BCUT2D eigenvalue weighted by Crippen LogP contribution is -2.14. The molecule has 0 aliphatic carbocycles. The predicted molar refractivity (Wildman–Crippen MR) is 93.3 cm³/mol. The van der Waals surface area contributed by atoms with Gasteiger partial charge in [-0.2, -0.15) is 0 Å². The van der Waals surface area contributed by atoms with Crippen molar-refractivity contribution in [2.45, 2.75) is 109 Å². The van der Waals surface area contributed by atoms with E-state index in [0.29, 0.717) is 0 Å². The molecule has 0 N–H and O–H groups in total. The van der Waals surface area contributed by atoms with Crippen LogP contribution in [0.1, 0.15) is 103 Å². The molecule has 0 radical (unpaired) electrons. The first-order valence-corrected chi connectivity index (χ1v) is 9.56. The van der Waals surface area contributed by atoms with E-state index in [9.17, 15) is 4.79 Å². The first kappa shape index (κ1) is 19.2. The Morgan fingerprint density at radius 2 is 1.27 bits per heavy atom. The number of rotatable bonds is 15. The van der Waals surface area contributed by atoms with Gasteiger partial charge in [0, 0.05) is 0 Å². The quantitative estimate of drug-likeness (QED) is 0.283. The van der Waals surface area contributed by atoms with E-state index in [1.54, 1.807) is 0 Å². The third-order valence-electron chi connectivity index (χ3n) is 4.51. The van der Waals surface area contributed by atoms with E-state index in [2.05, 4.69) is 11.9 Å². The second-order valence-electron chi connectivity index (χ2n) is 6.59. The molecule has 22 heavy (non-hydrogen) atoms. The van der Waals surface area contributed by atoms with Crippen LogP contribution in [0.25, 0.3) is 0 Å². The second-order valence-corrected chi connectivity index (χ2v) is 6.59. The zero-order valence-electron chi connectivity index (χ0n) is 14.5. The molecule has 0 spiro atoms. The van der Waals surface area contributed by atoms with E-state index >= 15 is 0 Å². The number of carbonyl (C=O) groups excluding carboxylic acids is 1. The largest absolute Gasteiger partial charge is 0.413 e. The van der Waals surface area contributed by atoms with Gasteiger partial charge in [0.1, 0.15) is 0 Å². The van der Waals surface area contributed by atoms with Crippen molar-refractivity contribution < 1.29 is 9.53 Å². The van der Waals surface area contributed by atoms with Crippen molar-refractivity contribution in [1.82, 2.24) is 0 Å². The van der Waals surface area contributed by atoms with Gasteiger partial charge >= 0.3 is 5.97 Å². The van der Waals surface area contributed by atoms with Gasteiger partial charge in [0.2, 0.25) is 0 Å². The summed E-state index contributed by atoms with van der Waals surface area (Å²) < 4.78 is 4.70. The van der Waals surface area contributed by atoms with Crippen LogP contribution in [0.5, 0.6) is 0 Å². The summed E-state index contributed by atoms with van der Waals surface area (Å²) in [6, 6.07) is -0.211. The molecule has 0 aromatic carbocycles. The highest BCUT2D eigenvalue weighted by atomic mass is 16.5. The topological polar surface area (TPSA) is 38.7 Å². The molecule has 3 heteroatoms. The summed E-state index contributed by atoms with van der Waals surface area (Å²) in [7, 11) is 0. The molecular weight excluding hydrogens is 274 g/mol. The van der Waals surface area contributed by atoms with E-state index in [4.69, 9.17) is 4.74 Å². The summed E-state index contributed by atoms with van der Waals surface area (Å²) >= 11 is 0. The number of unbranched alkanes of at least 4 members (excludes halogenated alkanes) is 13. The van der Waals surface area contributed by atoms with Gasteiger partial charge in [0.25, 0.3) is 0 Å². The second kappa shape index (κ2) is 13.8. The Hall–Kier alpha value is -0.860. The minimum atomic E-state index is -0.211. The Bertz CT molecular complexity index is 302. The first-order valence-electron chi connectivity index (χ1n) is 9.56. The average Bonchev–Trinajstić information content (AvgIpc) is 2.93. The third-order valence-corrected chi connectivity index (χ3v) is 4.51. The number of hydrogen-bond donors (Lipinski definition) is 0. The molecule has 1 aliphatic rings. The van der Waals surface area contributed by atoms with Gasteiger partial charge in [-0.15, -0.1) is 0 Å². The van der Waals surface area contributed by atoms with Crippen molar-refractivity contribution in [1.29, 1.82) is 0 Å². The average molecular weight is 309 g/mol. The summed E-state index contributed by atoms with van der Waals surface area (Å²) in [5, 5.41) is 0. The van der Waals surface area contributed by atoms with E-state index < -0.39 is 0 Å². The summed E-state index contributed by atoms with van der Waals surface area (Å²) in [6.45, 7) is 2.27. The monoisotopic (exact) mass is 309 g/mol. The fourth-order valence-corrected chi connectivity index (χ4v) is 3.02. The number of nitrogens with zero attached hydrogens (tertiary/aromatic N) is 1. The number of cyclic esters (lactones) is 1. The van der Waals surface area contributed by atoms with Crippen LogP contribution in [0.2, 0.25) is 0 Å². The fraction of sp³-hybridized carbons (Fsp3) is 0.895. The normalized spacial score (nSPS) is 17.1. The molecule has 1 heterocycles. The van der Waals surface area contributed by atoms with E-state index in [1.807, 2.05) is 0 Å². The molecule has 1 rings (SSSR count). The van der Waals surface area contributed by atoms with Gasteiger partial charge in [0.05, 0.1) is 0 Å². The molecule has 0 fully saturated rings. The Morgan fingerprint density at radius 1 is 0.818 bits per heavy atom. The predicted octanol–water partition coefficient (Wildman–Crippen LogP) is 5.81. The highest BCUT2D eigenvalue weighted by Gasteiger charge is 2.21. The van der Waals surface area contributed by atoms with Crippen molar-refractivity contribution >= 4 is 12.4 Å². The van der Waals surface area contributed by atoms with Gasteiger partial charge < -0.3 is 4.74 Å². The Balaban J connectivity index is 1.71. The Morgan fingerprint density at radius 3 is 1.68 bits per heavy atom. The van der Waals surface area contributed by atoms with Crippen LogP contribution in [-0.2, 0) is 9.53 Å². The van der Waals surface area contributed by atoms with Gasteiger partial charge in [-0.3, -0.25) is 0 Å². The van der Waals surface area contributed by atoms with Crippen LogP contribution >= 0.6 is 0 Å². The molecular formula is C19H35NO2. The molecule has 0 aromatic heterocycles. The maximum atomic E-state index is 11.2. The SMILES string of the molecule is CCCCCCCCCCCCCCCCC1N=COC1=O.